The molecule has 9 heteroatoms. The summed E-state index contributed by atoms with van der Waals surface area (Å²) in [6.07, 6.45) is 3.53. The highest BCUT2D eigenvalue weighted by Crippen LogP contribution is 2.30. The fourth-order valence-electron chi connectivity index (χ4n) is 4.29. The number of rotatable bonds is 5. The predicted molar refractivity (Wildman–Crippen MR) is 134 cm³/mol. The van der Waals surface area contributed by atoms with Crippen molar-refractivity contribution in [1.82, 2.24) is 19.5 Å². The molecule has 1 amide bonds. The Morgan fingerprint density at radius 1 is 1.00 bits per heavy atom. The number of carbonyl (C=O) groups excluding carboxylic acids is 2. The maximum absolute atomic E-state index is 12.7. The van der Waals surface area contributed by atoms with Gasteiger partial charge in [0, 0.05) is 29.3 Å². The maximum Gasteiger partial charge on any atom is 0.338 e. The number of hydrogen-bond acceptors (Lipinski definition) is 7. The molecule has 3 N–H and O–H groups in total. The van der Waals surface area contributed by atoms with Gasteiger partial charge in [0.2, 0.25) is 5.91 Å². The lowest BCUT2D eigenvalue weighted by Crippen LogP contribution is -2.14. The van der Waals surface area contributed by atoms with Gasteiger partial charge in [-0.25, -0.2) is 19.7 Å². The minimum atomic E-state index is -0.370. The molecule has 0 fully saturated rings. The molecule has 3 aromatic heterocycles. The number of pyridine rings is 2. The highest BCUT2D eigenvalue weighted by molar-refractivity contribution is 5.97. The Morgan fingerprint density at radius 2 is 1.81 bits per heavy atom. The number of imidazole rings is 1. The van der Waals surface area contributed by atoms with Crippen LogP contribution in [0.25, 0.3) is 28.2 Å². The first-order valence-corrected chi connectivity index (χ1v) is 11.3. The van der Waals surface area contributed by atoms with Gasteiger partial charge in [0.25, 0.3) is 0 Å². The number of ether oxygens (including phenoxy) is 1. The van der Waals surface area contributed by atoms with Crippen molar-refractivity contribution in [1.29, 1.82) is 0 Å². The Labute approximate surface area is 205 Å². The Kier molecular flexibility index (Phi) is 5.15. The average Bonchev–Trinajstić information content (AvgIpc) is 3.45. The second-order valence-electron chi connectivity index (χ2n) is 8.39. The van der Waals surface area contributed by atoms with E-state index in [0.717, 1.165) is 22.3 Å². The molecule has 2 aromatic carbocycles. The van der Waals surface area contributed by atoms with Gasteiger partial charge in [0.1, 0.15) is 17.9 Å². The summed E-state index contributed by atoms with van der Waals surface area (Å²) in [4.78, 5) is 37.9. The second kappa shape index (κ2) is 8.62. The number of benzene rings is 2. The number of hydrogen-bond donors (Lipinski definition) is 2. The van der Waals surface area contributed by atoms with Gasteiger partial charge in [-0.05, 0) is 54.1 Å². The first-order chi connectivity index (χ1) is 17.6. The quantitative estimate of drug-likeness (QED) is 0.368. The zero-order valence-electron chi connectivity index (χ0n) is 19.0. The van der Waals surface area contributed by atoms with Crippen LogP contribution < -0.4 is 11.1 Å². The number of nitrogens with two attached hydrogens (primary N) is 1. The molecule has 0 atom stereocenters. The van der Waals surface area contributed by atoms with Gasteiger partial charge in [-0.15, -0.1) is 0 Å². The summed E-state index contributed by atoms with van der Waals surface area (Å²) in [5.74, 6) is 0.454. The van der Waals surface area contributed by atoms with E-state index in [1.165, 1.54) is 0 Å². The molecular formula is C27H20N6O3. The number of esters is 1. The SMILES string of the molecule is Nc1ncccc1-c1nc2cccnc2n1-c1ccc(CC(=O)Nc2ccc3c(c2)C(=O)OC3)cc1. The maximum atomic E-state index is 12.7. The van der Waals surface area contributed by atoms with E-state index in [1.807, 2.05) is 53.1 Å². The van der Waals surface area contributed by atoms with Gasteiger partial charge in [-0.1, -0.05) is 18.2 Å². The summed E-state index contributed by atoms with van der Waals surface area (Å²) in [5, 5.41) is 2.85. The molecule has 0 radical (unpaired) electrons. The van der Waals surface area contributed by atoms with E-state index in [-0.39, 0.29) is 24.9 Å². The van der Waals surface area contributed by atoms with Crippen LogP contribution in [0.15, 0.2) is 79.1 Å². The zero-order valence-corrected chi connectivity index (χ0v) is 19.0. The Balaban J connectivity index is 1.27. The third kappa shape index (κ3) is 3.82. The minimum Gasteiger partial charge on any atom is -0.457 e. The summed E-state index contributed by atoms with van der Waals surface area (Å²) >= 11 is 0. The van der Waals surface area contributed by atoms with Crippen LogP contribution in [0.4, 0.5) is 11.5 Å². The van der Waals surface area contributed by atoms with Gasteiger partial charge in [-0.2, -0.15) is 0 Å². The van der Waals surface area contributed by atoms with E-state index in [2.05, 4.69) is 15.3 Å². The molecule has 0 saturated carbocycles. The third-order valence-electron chi connectivity index (χ3n) is 6.03. The number of cyclic esters (lactones) is 1. The van der Waals surface area contributed by atoms with Crippen LogP contribution in [-0.2, 0) is 22.6 Å². The summed E-state index contributed by atoms with van der Waals surface area (Å²) in [6.45, 7) is 0.269. The largest absolute Gasteiger partial charge is 0.457 e. The number of nitrogens with zero attached hydrogens (tertiary/aromatic N) is 4. The molecule has 5 aromatic rings. The highest BCUT2D eigenvalue weighted by atomic mass is 16.5. The predicted octanol–water partition coefficient (Wildman–Crippen LogP) is 3.92. The molecule has 1 aliphatic rings. The van der Waals surface area contributed by atoms with Gasteiger partial charge >= 0.3 is 5.97 Å². The van der Waals surface area contributed by atoms with E-state index < -0.39 is 0 Å². The summed E-state index contributed by atoms with van der Waals surface area (Å²) in [5.41, 5.74) is 11.8. The van der Waals surface area contributed by atoms with E-state index in [9.17, 15) is 9.59 Å². The Hall–Kier alpha value is -5.05. The number of amides is 1. The first kappa shape index (κ1) is 21.5. The standard InChI is InChI=1S/C27H20N6O3/c28-24-20(3-1-11-29-24)25-32-22-4-2-12-30-26(22)33(25)19-9-5-16(6-10-19)13-23(34)31-18-8-7-17-15-36-27(35)21(17)14-18/h1-12,14H,13,15H2,(H2,28,29)(H,31,34). The molecular weight excluding hydrogens is 456 g/mol. The lowest BCUT2D eigenvalue weighted by atomic mass is 10.1. The number of aromatic nitrogens is 4. The van der Waals surface area contributed by atoms with Crippen LogP contribution in [0.5, 0.6) is 0 Å². The highest BCUT2D eigenvalue weighted by Gasteiger charge is 2.21. The third-order valence-corrected chi connectivity index (χ3v) is 6.03. The topological polar surface area (TPSA) is 125 Å². The number of nitrogen functional groups attached to an aromatic ring is 1. The molecule has 0 bridgehead atoms. The van der Waals surface area contributed by atoms with Gasteiger partial charge < -0.3 is 15.8 Å². The second-order valence-corrected chi connectivity index (χ2v) is 8.39. The van der Waals surface area contributed by atoms with Crippen LogP contribution in [0, 0.1) is 0 Å². The van der Waals surface area contributed by atoms with Crippen molar-refractivity contribution >= 4 is 34.5 Å². The lowest BCUT2D eigenvalue weighted by molar-refractivity contribution is -0.115. The van der Waals surface area contributed by atoms with Gasteiger partial charge in [0.15, 0.2) is 11.5 Å². The molecule has 9 nitrogen and oxygen atoms in total. The van der Waals surface area contributed by atoms with Crippen molar-refractivity contribution < 1.29 is 14.3 Å². The smallest absolute Gasteiger partial charge is 0.338 e. The van der Waals surface area contributed by atoms with Crippen molar-refractivity contribution in [2.45, 2.75) is 13.0 Å². The lowest BCUT2D eigenvalue weighted by Gasteiger charge is -2.11. The Bertz CT molecular complexity index is 1640. The van der Waals surface area contributed by atoms with Gasteiger partial charge in [-0.3, -0.25) is 9.36 Å². The molecule has 36 heavy (non-hydrogen) atoms. The minimum absolute atomic E-state index is 0.174. The zero-order chi connectivity index (χ0) is 24.6. The number of nitrogens with one attached hydrogen (secondary N) is 1. The molecule has 4 heterocycles. The first-order valence-electron chi connectivity index (χ1n) is 11.3. The number of fused-ring (bicyclic) bond motifs is 2. The molecule has 0 spiro atoms. The van der Waals surface area contributed by atoms with Crippen molar-refractivity contribution in [3.05, 3.63) is 95.8 Å². The van der Waals surface area contributed by atoms with Crippen LogP contribution >= 0.6 is 0 Å². The van der Waals surface area contributed by atoms with Gasteiger partial charge in [0.05, 0.1) is 17.5 Å². The molecule has 6 rings (SSSR count). The van der Waals surface area contributed by atoms with E-state index in [1.54, 1.807) is 30.6 Å². The van der Waals surface area contributed by atoms with Crippen molar-refractivity contribution in [2.75, 3.05) is 11.1 Å². The van der Waals surface area contributed by atoms with E-state index >= 15 is 0 Å². The van der Waals surface area contributed by atoms with Crippen LogP contribution in [0.3, 0.4) is 0 Å². The van der Waals surface area contributed by atoms with Crippen molar-refractivity contribution in [3.63, 3.8) is 0 Å². The van der Waals surface area contributed by atoms with E-state index in [0.29, 0.717) is 34.1 Å². The Morgan fingerprint density at radius 3 is 2.64 bits per heavy atom. The fraction of sp³-hybridized carbons (Fsp3) is 0.0741. The van der Waals surface area contributed by atoms with Crippen molar-refractivity contribution in [3.8, 4) is 17.1 Å². The molecule has 176 valence electrons. The average molecular weight is 476 g/mol. The molecule has 0 unspecified atom stereocenters. The normalized spacial score (nSPS) is 12.4. The summed E-state index contributed by atoms with van der Waals surface area (Å²) in [6, 6.07) is 20.2. The number of carbonyl (C=O) groups is 2. The monoisotopic (exact) mass is 476 g/mol. The summed E-state index contributed by atoms with van der Waals surface area (Å²) < 4.78 is 6.94. The van der Waals surface area contributed by atoms with Crippen LogP contribution in [-0.4, -0.2) is 31.4 Å². The molecule has 0 aliphatic carbocycles. The number of anilines is 2. The van der Waals surface area contributed by atoms with E-state index in [4.69, 9.17) is 15.5 Å². The molecule has 1 aliphatic heterocycles. The van der Waals surface area contributed by atoms with Crippen LogP contribution in [0.1, 0.15) is 21.5 Å². The summed E-state index contributed by atoms with van der Waals surface area (Å²) in [7, 11) is 0. The van der Waals surface area contributed by atoms with Crippen molar-refractivity contribution in [2.24, 2.45) is 0 Å². The molecule has 0 saturated heterocycles. The fourth-order valence-corrected chi connectivity index (χ4v) is 4.29. The van der Waals surface area contributed by atoms with Crippen LogP contribution in [0.2, 0.25) is 0 Å².